The zero-order chi connectivity index (χ0) is 43.0. The van der Waals surface area contributed by atoms with Crippen molar-refractivity contribution in [2.45, 2.75) is 302 Å². The molecule has 0 heterocycles. The fourth-order valence-corrected chi connectivity index (χ4v) is 8.22. The van der Waals surface area contributed by atoms with Gasteiger partial charge in [-0.3, -0.25) is 9.59 Å². The highest BCUT2D eigenvalue weighted by Crippen LogP contribution is 2.17. The molecule has 0 fully saturated rings. The summed E-state index contributed by atoms with van der Waals surface area (Å²) >= 11 is 0. The smallest absolute Gasteiger partial charge is 0.305 e. The van der Waals surface area contributed by atoms with Crippen LogP contribution in [0.4, 0.5) is 0 Å². The predicted octanol–water partition coefficient (Wildman–Crippen LogP) is 15.7. The Morgan fingerprint density at radius 1 is 0.458 bits per heavy atom. The minimum Gasteiger partial charge on any atom is -0.466 e. The van der Waals surface area contributed by atoms with Crippen molar-refractivity contribution < 1.29 is 24.5 Å². The topological polar surface area (TPSA) is 95.9 Å². The van der Waals surface area contributed by atoms with Crippen LogP contribution in [0.25, 0.3) is 0 Å². The first kappa shape index (κ1) is 57.6. The van der Waals surface area contributed by atoms with Crippen molar-refractivity contribution in [1.29, 1.82) is 0 Å². The van der Waals surface area contributed by atoms with Crippen molar-refractivity contribution in [1.82, 2.24) is 5.32 Å². The molecule has 0 aromatic heterocycles. The zero-order valence-corrected chi connectivity index (χ0v) is 39.7. The Labute approximate surface area is 368 Å². The van der Waals surface area contributed by atoms with E-state index in [0.29, 0.717) is 25.9 Å². The molecule has 6 nitrogen and oxygen atoms in total. The number of amides is 1. The molecule has 0 bridgehead atoms. The van der Waals surface area contributed by atoms with E-state index in [1.54, 1.807) is 0 Å². The molecule has 0 saturated carbocycles. The highest BCUT2D eigenvalue weighted by Gasteiger charge is 2.20. The fourth-order valence-electron chi connectivity index (χ4n) is 8.22. The number of aliphatic hydroxyl groups is 2. The lowest BCUT2D eigenvalue weighted by Crippen LogP contribution is -2.45. The molecule has 3 N–H and O–H groups in total. The quantitative estimate of drug-likeness (QED) is 0.0322. The Morgan fingerprint density at radius 2 is 0.797 bits per heavy atom. The maximum Gasteiger partial charge on any atom is 0.305 e. The Morgan fingerprint density at radius 3 is 1.20 bits per heavy atom. The van der Waals surface area contributed by atoms with Crippen molar-refractivity contribution >= 4 is 11.9 Å². The summed E-state index contributed by atoms with van der Waals surface area (Å²) in [5, 5.41) is 23.2. The lowest BCUT2D eigenvalue weighted by Gasteiger charge is -2.22. The molecule has 0 saturated heterocycles. The standard InChI is InChI=1S/C53H103NO5/c1-3-5-7-9-11-13-15-17-19-23-27-31-35-39-43-47-53(58)59-48-44-40-36-32-28-24-21-18-20-22-26-30-34-38-42-46-52(57)54-50(49-55)51(56)45-41-37-33-29-25-16-14-12-10-8-6-4-2/h17,19,50-51,55-56H,3-16,18,20-49H2,1-2H3,(H,54,57)/b19-17-. The highest BCUT2D eigenvalue weighted by atomic mass is 16.5. The average Bonchev–Trinajstić information content (AvgIpc) is 3.24. The fraction of sp³-hybridized carbons (Fsp3) is 0.925. The molecule has 0 aromatic carbocycles. The van der Waals surface area contributed by atoms with Crippen molar-refractivity contribution in [2.24, 2.45) is 0 Å². The second-order valence-electron chi connectivity index (χ2n) is 18.2. The second-order valence-corrected chi connectivity index (χ2v) is 18.2. The van der Waals surface area contributed by atoms with Crippen molar-refractivity contribution in [2.75, 3.05) is 13.2 Å². The van der Waals surface area contributed by atoms with Gasteiger partial charge in [0.05, 0.1) is 25.4 Å². The third-order valence-electron chi connectivity index (χ3n) is 12.3. The molecular weight excluding hydrogens is 731 g/mol. The summed E-state index contributed by atoms with van der Waals surface area (Å²) in [5.41, 5.74) is 0. The van der Waals surface area contributed by atoms with Crippen LogP contribution in [0.15, 0.2) is 12.2 Å². The molecule has 0 aliphatic carbocycles. The third-order valence-corrected chi connectivity index (χ3v) is 12.3. The molecule has 1 amide bonds. The monoisotopic (exact) mass is 834 g/mol. The van der Waals surface area contributed by atoms with Crippen LogP contribution in [-0.2, 0) is 14.3 Å². The zero-order valence-electron chi connectivity index (χ0n) is 39.7. The van der Waals surface area contributed by atoms with Crippen molar-refractivity contribution in [3.63, 3.8) is 0 Å². The van der Waals surface area contributed by atoms with Gasteiger partial charge in [-0.2, -0.15) is 0 Å². The maximum absolute atomic E-state index is 12.4. The van der Waals surface area contributed by atoms with Crippen molar-refractivity contribution in [3.05, 3.63) is 12.2 Å². The van der Waals surface area contributed by atoms with E-state index in [0.717, 1.165) is 51.4 Å². The number of nitrogens with one attached hydrogen (secondary N) is 1. The summed E-state index contributed by atoms with van der Waals surface area (Å²) in [6.07, 6.45) is 56.1. The number of unbranched alkanes of at least 4 members (excludes halogenated alkanes) is 36. The first-order valence-corrected chi connectivity index (χ1v) is 26.4. The summed E-state index contributed by atoms with van der Waals surface area (Å²) in [6.45, 7) is 4.93. The number of carbonyl (C=O) groups excluding carboxylic acids is 2. The number of aliphatic hydroxyl groups excluding tert-OH is 2. The summed E-state index contributed by atoms with van der Waals surface area (Å²) in [7, 11) is 0. The number of hydrogen-bond donors (Lipinski definition) is 3. The van der Waals surface area contributed by atoms with Crippen LogP contribution < -0.4 is 5.32 Å². The van der Waals surface area contributed by atoms with Gasteiger partial charge in [-0.05, 0) is 51.4 Å². The first-order valence-electron chi connectivity index (χ1n) is 26.4. The Kier molecular flexibility index (Phi) is 48.1. The minimum atomic E-state index is -0.668. The summed E-state index contributed by atoms with van der Waals surface area (Å²) in [6, 6.07) is -0.546. The van der Waals surface area contributed by atoms with Crippen LogP contribution in [-0.4, -0.2) is 47.4 Å². The van der Waals surface area contributed by atoms with Gasteiger partial charge in [0.15, 0.2) is 0 Å². The van der Waals surface area contributed by atoms with Crippen LogP contribution in [0.5, 0.6) is 0 Å². The largest absolute Gasteiger partial charge is 0.466 e. The first-order chi connectivity index (χ1) is 29.0. The molecule has 0 aliphatic rings. The van der Waals surface area contributed by atoms with Crippen molar-refractivity contribution in [3.8, 4) is 0 Å². The molecule has 2 atom stereocenters. The third kappa shape index (κ3) is 45.9. The minimum absolute atomic E-state index is 0.00707. The van der Waals surface area contributed by atoms with Gasteiger partial charge < -0.3 is 20.3 Å². The normalized spacial score (nSPS) is 12.7. The van der Waals surface area contributed by atoms with Gasteiger partial charge in [-0.25, -0.2) is 0 Å². The Balaban J connectivity index is 3.42. The Hall–Kier alpha value is -1.40. The SMILES string of the molecule is CCCCCCCC/C=C\CCCCCCCC(=O)OCCCCCCCCCCCCCCCCCC(=O)NC(CO)C(O)CCCCCCCCCCCCCC. The molecule has 2 unspecified atom stereocenters. The van der Waals surface area contributed by atoms with Gasteiger partial charge in [0.1, 0.15) is 0 Å². The van der Waals surface area contributed by atoms with E-state index in [9.17, 15) is 19.8 Å². The number of rotatable bonds is 49. The summed E-state index contributed by atoms with van der Waals surface area (Å²) in [4.78, 5) is 24.5. The van der Waals surface area contributed by atoms with Crippen LogP contribution in [0.2, 0.25) is 0 Å². The van der Waals surface area contributed by atoms with Gasteiger partial charge in [0.25, 0.3) is 0 Å². The van der Waals surface area contributed by atoms with Gasteiger partial charge in [-0.15, -0.1) is 0 Å². The molecule has 0 aliphatic heterocycles. The Bertz CT molecular complexity index is 878. The molecule has 0 rings (SSSR count). The van der Waals surface area contributed by atoms with Crippen LogP contribution >= 0.6 is 0 Å². The van der Waals surface area contributed by atoms with Gasteiger partial charge in [0.2, 0.25) is 5.91 Å². The molecule has 6 heteroatoms. The van der Waals surface area contributed by atoms with Crippen LogP contribution in [0.1, 0.15) is 290 Å². The van der Waals surface area contributed by atoms with E-state index in [-0.39, 0.29) is 18.5 Å². The van der Waals surface area contributed by atoms with Gasteiger partial charge in [-0.1, -0.05) is 238 Å². The molecule has 0 radical (unpaired) electrons. The van der Waals surface area contributed by atoms with Gasteiger partial charge >= 0.3 is 5.97 Å². The van der Waals surface area contributed by atoms with Crippen LogP contribution in [0.3, 0.4) is 0 Å². The molecule has 59 heavy (non-hydrogen) atoms. The molecule has 0 aromatic rings. The maximum atomic E-state index is 12.4. The van der Waals surface area contributed by atoms with E-state index in [1.165, 1.54) is 205 Å². The van der Waals surface area contributed by atoms with E-state index in [2.05, 4.69) is 31.3 Å². The molecule has 0 spiro atoms. The van der Waals surface area contributed by atoms with Gasteiger partial charge in [0, 0.05) is 12.8 Å². The number of carbonyl (C=O) groups is 2. The van der Waals surface area contributed by atoms with E-state index < -0.39 is 12.1 Å². The number of esters is 1. The number of hydrogen-bond acceptors (Lipinski definition) is 5. The number of allylic oxidation sites excluding steroid dienone is 2. The predicted molar refractivity (Wildman–Crippen MR) is 255 cm³/mol. The van der Waals surface area contributed by atoms with Crippen LogP contribution in [0, 0.1) is 0 Å². The highest BCUT2D eigenvalue weighted by molar-refractivity contribution is 5.76. The molecule has 350 valence electrons. The van der Waals surface area contributed by atoms with E-state index in [1.807, 2.05) is 0 Å². The van der Waals surface area contributed by atoms with E-state index in [4.69, 9.17) is 4.74 Å². The summed E-state index contributed by atoms with van der Waals surface area (Å²) in [5.74, 6) is -0.0507. The lowest BCUT2D eigenvalue weighted by atomic mass is 10.0. The average molecular weight is 834 g/mol. The lowest BCUT2D eigenvalue weighted by molar-refractivity contribution is -0.143. The van der Waals surface area contributed by atoms with E-state index >= 15 is 0 Å². The second kappa shape index (κ2) is 49.3. The molecular formula is C53H103NO5. The number of ether oxygens (including phenoxy) is 1. The summed E-state index contributed by atoms with van der Waals surface area (Å²) < 4.78 is 5.46.